The number of alkyl halides is 3. The molecule has 2 N–H and O–H groups in total. The molecule has 0 fully saturated rings. The maximum absolute atomic E-state index is 12.9. The molecule has 1 heterocycles. The summed E-state index contributed by atoms with van der Waals surface area (Å²) < 4.78 is 50.6. The van der Waals surface area contributed by atoms with Crippen molar-refractivity contribution in [3.05, 3.63) is 77.7 Å². The second-order valence-electron chi connectivity index (χ2n) is 5.77. The summed E-state index contributed by atoms with van der Waals surface area (Å²) in [6.07, 6.45) is -2.14. The van der Waals surface area contributed by atoms with Crippen molar-refractivity contribution in [3.63, 3.8) is 0 Å². The molecule has 0 radical (unpaired) electrons. The second kappa shape index (κ2) is 8.03. The molecule has 27 heavy (non-hydrogen) atoms. The van der Waals surface area contributed by atoms with Crippen molar-refractivity contribution < 1.29 is 17.6 Å². The van der Waals surface area contributed by atoms with Crippen LogP contribution in [0.4, 0.5) is 35.0 Å². The van der Waals surface area contributed by atoms with Gasteiger partial charge in [-0.05, 0) is 54.4 Å². The van der Waals surface area contributed by atoms with Crippen LogP contribution in [0.5, 0.6) is 0 Å². The molecule has 4 nitrogen and oxygen atoms in total. The lowest BCUT2D eigenvalue weighted by molar-refractivity contribution is -0.137. The third kappa shape index (κ3) is 5.40. The molecule has 0 amide bonds. The zero-order chi connectivity index (χ0) is 19.3. The lowest BCUT2D eigenvalue weighted by atomic mass is 10.1. The van der Waals surface area contributed by atoms with Crippen LogP contribution < -0.4 is 10.6 Å². The Bertz CT molecular complexity index is 877. The smallest absolute Gasteiger partial charge is 0.370 e. The van der Waals surface area contributed by atoms with Crippen LogP contribution >= 0.6 is 0 Å². The Morgan fingerprint density at radius 1 is 0.889 bits per heavy atom. The molecule has 140 valence electrons. The standard InChI is InChI=1S/C19H16F4N4/c20-15-5-1-13(2-6-15)9-11-24-17-10-12-25-18(27-17)26-16-7-3-14(4-8-16)19(21,22)23/h1-8,10,12H,9,11H2,(H2,24,25,26,27). The van der Waals surface area contributed by atoms with Gasteiger partial charge in [-0.25, -0.2) is 9.37 Å². The van der Waals surface area contributed by atoms with Gasteiger partial charge in [0.1, 0.15) is 11.6 Å². The molecule has 0 bridgehead atoms. The fraction of sp³-hybridized carbons (Fsp3) is 0.158. The molecule has 0 aliphatic carbocycles. The van der Waals surface area contributed by atoms with E-state index in [1.807, 2.05) is 0 Å². The van der Waals surface area contributed by atoms with E-state index >= 15 is 0 Å². The molecular weight excluding hydrogens is 360 g/mol. The van der Waals surface area contributed by atoms with Crippen LogP contribution in [-0.2, 0) is 12.6 Å². The monoisotopic (exact) mass is 376 g/mol. The van der Waals surface area contributed by atoms with Crippen LogP contribution in [0, 0.1) is 5.82 Å². The molecule has 1 aromatic heterocycles. The van der Waals surface area contributed by atoms with Gasteiger partial charge in [-0.3, -0.25) is 0 Å². The summed E-state index contributed by atoms with van der Waals surface area (Å²) in [5.41, 5.74) is 0.720. The van der Waals surface area contributed by atoms with Crippen molar-refractivity contribution in [1.29, 1.82) is 0 Å². The number of aromatic nitrogens is 2. The zero-order valence-electron chi connectivity index (χ0n) is 14.1. The zero-order valence-corrected chi connectivity index (χ0v) is 14.1. The van der Waals surface area contributed by atoms with Gasteiger partial charge < -0.3 is 10.6 Å². The molecule has 2 aromatic carbocycles. The molecule has 0 unspecified atom stereocenters. The Labute approximate surface area is 153 Å². The van der Waals surface area contributed by atoms with E-state index in [0.717, 1.165) is 17.7 Å². The lowest BCUT2D eigenvalue weighted by Gasteiger charge is -2.10. The van der Waals surface area contributed by atoms with Crippen molar-refractivity contribution in [1.82, 2.24) is 9.97 Å². The SMILES string of the molecule is Fc1ccc(CCNc2ccnc(Nc3ccc(C(F)(F)F)cc3)n2)cc1. The first-order valence-corrected chi connectivity index (χ1v) is 8.16. The number of benzene rings is 2. The van der Waals surface area contributed by atoms with Crippen LogP contribution in [0.3, 0.4) is 0 Å². The summed E-state index contributed by atoms with van der Waals surface area (Å²) >= 11 is 0. The highest BCUT2D eigenvalue weighted by Gasteiger charge is 2.29. The summed E-state index contributed by atoms with van der Waals surface area (Å²) in [5.74, 6) is 0.560. The first-order valence-electron chi connectivity index (χ1n) is 8.16. The summed E-state index contributed by atoms with van der Waals surface area (Å²) in [4.78, 5) is 8.32. The average Bonchev–Trinajstić information content (AvgIpc) is 2.63. The number of hydrogen-bond acceptors (Lipinski definition) is 4. The molecule has 0 saturated carbocycles. The molecule has 3 aromatic rings. The Kier molecular flexibility index (Phi) is 5.54. The van der Waals surface area contributed by atoms with E-state index in [2.05, 4.69) is 20.6 Å². The van der Waals surface area contributed by atoms with Crippen molar-refractivity contribution >= 4 is 17.5 Å². The van der Waals surface area contributed by atoms with Gasteiger partial charge in [-0.15, -0.1) is 0 Å². The first-order chi connectivity index (χ1) is 12.9. The molecular formula is C19H16F4N4. The molecule has 0 aliphatic heterocycles. The van der Waals surface area contributed by atoms with E-state index in [1.165, 1.54) is 24.3 Å². The maximum atomic E-state index is 12.9. The number of anilines is 3. The van der Waals surface area contributed by atoms with E-state index in [0.29, 0.717) is 24.5 Å². The van der Waals surface area contributed by atoms with E-state index in [9.17, 15) is 17.6 Å². The predicted octanol–water partition coefficient (Wildman–Crippen LogP) is 5.03. The van der Waals surface area contributed by atoms with Gasteiger partial charge in [-0.2, -0.15) is 18.2 Å². The van der Waals surface area contributed by atoms with Gasteiger partial charge in [-0.1, -0.05) is 12.1 Å². The van der Waals surface area contributed by atoms with Crippen LogP contribution in [0.2, 0.25) is 0 Å². The minimum absolute atomic E-state index is 0.265. The van der Waals surface area contributed by atoms with E-state index in [4.69, 9.17) is 0 Å². The highest BCUT2D eigenvalue weighted by Crippen LogP contribution is 2.30. The summed E-state index contributed by atoms with van der Waals surface area (Å²) in [7, 11) is 0. The van der Waals surface area contributed by atoms with Gasteiger partial charge in [0.2, 0.25) is 5.95 Å². The van der Waals surface area contributed by atoms with Gasteiger partial charge in [0.15, 0.2) is 0 Å². The van der Waals surface area contributed by atoms with Crippen molar-refractivity contribution in [2.75, 3.05) is 17.2 Å². The van der Waals surface area contributed by atoms with Gasteiger partial charge in [0.05, 0.1) is 5.56 Å². The number of hydrogen-bond donors (Lipinski definition) is 2. The molecule has 0 saturated heterocycles. The van der Waals surface area contributed by atoms with Gasteiger partial charge in [0, 0.05) is 18.4 Å². The van der Waals surface area contributed by atoms with Gasteiger partial charge >= 0.3 is 6.18 Å². The van der Waals surface area contributed by atoms with E-state index in [-0.39, 0.29) is 11.8 Å². The minimum atomic E-state index is -4.37. The topological polar surface area (TPSA) is 49.8 Å². The lowest BCUT2D eigenvalue weighted by Crippen LogP contribution is -2.08. The molecule has 8 heteroatoms. The normalized spacial score (nSPS) is 11.3. The minimum Gasteiger partial charge on any atom is -0.370 e. The number of rotatable bonds is 6. The van der Waals surface area contributed by atoms with Crippen molar-refractivity contribution in [2.45, 2.75) is 12.6 Å². The molecule has 0 aliphatic rings. The molecule has 3 rings (SSSR count). The number of nitrogens with zero attached hydrogens (tertiary/aromatic N) is 2. The highest BCUT2D eigenvalue weighted by molar-refractivity contribution is 5.55. The Hall–Kier alpha value is -3.16. The third-order valence-corrected chi connectivity index (χ3v) is 3.76. The fourth-order valence-corrected chi connectivity index (χ4v) is 2.38. The maximum Gasteiger partial charge on any atom is 0.416 e. The highest BCUT2D eigenvalue weighted by atomic mass is 19.4. The van der Waals surface area contributed by atoms with E-state index in [1.54, 1.807) is 24.4 Å². The summed E-state index contributed by atoms with van der Waals surface area (Å²) in [6, 6.07) is 12.6. The summed E-state index contributed by atoms with van der Waals surface area (Å²) in [6.45, 7) is 0.586. The van der Waals surface area contributed by atoms with Crippen LogP contribution in [0.1, 0.15) is 11.1 Å². The van der Waals surface area contributed by atoms with Crippen molar-refractivity contribution in [2.24, 2.45) is 0 Å². The van der Waals surface area contributed by atoms with Crippen molar-refractivity contribution in [3.8, 4) is 0 Å². The Balaban J connectivity index is 1.57. The Morgan fingerprint density at radius 2 is 1.59 bits per heavy atom. The van der Waals surface area contributed by atoms with Crippen LogP contribution in [0.15, 0.2) is 60.8 Å². The van der Waals surface area contributed by atoms with Gasteiger partial charge in [0.25, 0.3) is 0 Å². The first kappa shape index (κ1) is 18.6. The molecule has 0 spiro atoms. The number of nitrogens with one attached hydrogen (secondary N) is 2. The Morgan fingerprint density at radius 3 is 2.26 bits per heavy atom. The fourth-order valence-electron chi connectivity index (χ4n) is 2.38. The third-order valence-electron chi connectivity index (χ3n) is 3.76. The largest absolute Gasteiger partial charge is 0.416 e. The molecule has 0 atom stereocenters. The average molecular weight is 376 g/mol. The quantitative estimate of drug-likeness (QED) is 0.592. The predicted molar refractivity (Wildman–Crippen MR) is 95.4 cm³/mol. The summed E-state index contributed by atoms with van der Waals surface area (Å²) in [5, 5.41) is 6.00. The van der Waals surface area contributed by atoms with E-state index < -0.39 is 11.7 Å². The van der Waals surface area contributed by atoms with Crippen LogP contribution in [0.25, 0.3) is 0 Å². The number of halogens is 4. The second-order valence-corrected chi connectivity index (χ2v) is 5.77. The van der Waals surface area contributed by atoms with Crippen LogP contribution in [-0.4, -0.2) is 16.5 Å².